The zero-order valence-electron chi connectivity index (χ0n) is 11.9. The molecule has 2 aromatic carbocycles. The van der Waals surface area contributed by atoms with Crippen molar-refractivity contribution in [2.75, 3.05) is 0 Å². The van der Waals surface area contributed by atoms with Gasteiger partial charge in [-0.05, 0) is 48.9 Å². The smallest absolute Gasteiger partial charge is 0.170 e. The molecule has 4 nitrogen and oxygen atoms in total. The molecule has 3 aromatic rings. The molecule has 0 spiro atoms. The van der Waals surface area contributed by atoms with E-state index in [1.54, 1.807) is 36.4 Å². The second-order valence-corrected chi connectivity index (χ2v) is 5.31. The highest BCUT2D eigenvalue weighted by Gasteiger charge is 2.18. The van der Waals surface area contributed by atoms with E-state index >= 15 is 0 Å². The van der Waals surface area contributed by atoms with E-state index in [-0.39, 0.29) is 16.5 Å². The lowest BCUT2D eigenvalue weighted by Crippen LogP contribution is -1.87. The largest absolute Gasteiger partial charge is 0.508 e. The van der Waals surface area contributed by atoms with Crippen molar-refractivity contribution >= 4 is 11.6 Å². The molecule has 5 heteroatoms. The molecule has 0 amide bonds. The number of aromatic nitrogens is 1. The second-order valence-electron chi connectivity index (χ2n) is 4.91. The third-order valence-corrected chi connectivity index (χ3v) is 3.80. The van der Waals surface area contributed by atoms with Crippen LogP contribution in [0.3, 0.4) is 0 Å². The quantitative estimate of drug-likeness (QED) is 0.739. The number of aromatic hydroxyl groups is 2. The van der Waals surface area contributed by atoms with E-state index < -0.39 is 0 Å². The minimum absolute atomic E-state index is 0.0294. The lowest BCUT2D eigenvalue weighted by atomic mass is 10.0. The van der Waals surface area contributed by atoms with E-state index in [1.165, 1.54) is 6.07 Å². The summed E-state index contributed by atoms with van der Waals surface area (Å²) in [7, 11) is 0. The molecule has 112 valence electrons. The highest BCUT2D eigenvalue weighted by Crippen LogP contribution is 2.36. The van der Waals surface area contributed by atoms with Crippen LogP contribution in [0.25, 0.3) is 22.6 Å². The second kappa shape index (κ2) is 5.73. The highest BCUT2D eigenvalue weighted by atomic mass is 35.5. The van der Waals surface area contributed by atoms with Gasteiger partial charge >= 0.3 is 0 Å². The Hall–Kier alpha value is -2.46. The van der Waals surface area contributed by atoms with Gasteiger partial charge in [0, 0.05) is 16.7 Å². The fourth-order valence-corrected chi connectivity index (χ4v) is 2.54. The first-order valence-corrected chi connectivity index (χ1v) is 7.24. The number of hydrogen-bond donors (Lipinski definition) is 2. The van der Waals surface area contributed by atoms with Gasteiger partial charge in [-0.25, -0.2) is 0 Å². The molecule has 0 aliphatic carbocycles. The van der Waals surface area contributed by atoms with Gasteiger partial charge in [0.25, 0.3) is 0 Å². The monoisotopic (exact) mass is 315 g/mol. The molecule has 0 unspecified atom stereocenters. The van der Waals surface area contributed by atoms with Crippen molar-refractivity contribution in [3.05, 3.63) is 53.1 Å². The summed E-state index contributed by atoms with van der Waals surface area (Å²) in [5.74, 6) is 0.866. The Morgan fingerprint density at radius 3 is 2.36 bits per heavy atom. The molecule has 0 radical (unpaired) electrons. The van der Waals surface area contributed by atoms with Crippen LogP contribution in [0.2, 0.25) is 5.02 Å². The Morgan fingerprint density at radius 1 is 1.05 bits per heavy atom. The lowest BCUT2D eigenvalue weighted by molar-refractivity contribution is 0.434. The number of rotatable bonds is 3. The van der Waals surface area contributed by atoms with Gasteiger partial charge in [0.2, 0.25) is 0 Å². The van der Waals surface area contributed by atoms with Crippen molar-refractivity contribution in [1.82, 2.24) is 5.16 Å². The van der Waals surface area contributed by atoms with Gasteiger partial charge in [-0.3, -0.25) is 0 Å². The lowest BCUT2D eigenvalue weighted by Gasteiger charge is -2.03. The number of hydrogen-bond acceptors (Lipinski definition) is 4. The minimum Gasteiger partial charge on any atom is -0.508 e. The van der Waals surface area contributed by atoms with Crippen LogP contribution in [0.5, 0.6) is 11.5 Å². The Balaban J connectivity index is 2.10. The molecule has 0 saturated carbocycles. The molecular formula is C17H14ClNO3. The number of benzene rings is 2. The molecule has 0 bridgehead atoms. The topological polar surface area (TPSA) is 66.5 Å². The molecule has 2 N–H and O–H groups in total. The SMILES string of the molecule is CCc1c(-c2ccc(O)cc2)noc1-c1ccc(O)c(Cl)c1. The number of nitrogens with zero attached hydrogens (tertiary/aromatic N) is 1. The third kappa shape index (κ3) is 2.53. The molecule has 0 aliphatic heterocycles. The maximum absolute atomic E-state index is 9.52. The van der Waals surface area contributed by atoms with E-state index in [4.69, 9.17) is 16.1 Å². The molecule has 0 aliphatic rings. The summed E-state index contributed by atoms with van der Waals surface area (Å²) in [6.45, 7) is 2.02. The van der Waals surface area contributed by atoms with Gasteiger partial charge in [0.05, 0.1) is 5.02 Å². The zero-order chi connectivity index (χ0) is 15.7. The van der Waals surface area contributed by atoms with Gasteiger partial charge in [-0.2, -0.15) is 0 Å². The van der Waals surface area contributed by atoms with E-state index in [2.05, 4.69) is 5.16 Å². The summed E-state index contributed by atoms with van der Waals surface area (Å²) >= 11 is 5.96. The van der Waals surface area contributed by atoms with Gasteiger partial charge in [-0.15, -0.1) is 0 Å². The molecule has 1 aromatic heterocycles. The van der Waals surface area contributed by atoms with Crippen molar-refractivity contribution in [3.63, 3.8) is 0 Å². The molecule has 1 heterocycles. The van der Waals surface area contributed by atoms with Crippen molar-refractivity contribution in [3.8, 4) is 34.1 Å². The fraction of sp³-hybridized carbons (Fsp3) is 0.118. The maximum Gasteiger partial charge on any atom is 0.170 e. The van der Waals surface area contributed by atoms with Crippen molar-refractivity contribution in [2.45, 2.75) is 13.3 Å². The Labute approximate surface area is 132 Å². The van der Waals surface area contributed by atoms with Crippen LogP contribution in [0, 0.1) is 0 Å². The Kier molecular flexibility index (Phi) is 3.77. The fourth-order valence-electron chi connectivity index (χ4n) is 2.36. The van der Waals surface area contributed by atoms with Crippen molar-refractivity contribution in [1.29, 1.82) is 0 Å². The van der Waals surface area contributed by atoms with Crippen LogP contribution in [0.4, 0.5) is 0 Å². The summed E-state index contributed by atoms with van der Waals surface area (Å²) in [6.07, 6.45) is 0.730. The average Bonchev–Trinajstić information content (AvgIpc) is 2.94. The average molecular weight is 316 g/mol. The number of phenols is 2. The first-order chi connectivity index (χ1) is 10.6. The van der Waals surface area contributed by atoms with Gasteiger partial charge in [-0.1, -0.05) is 23.7 Å². The molecule has 0 atom stereocenters. The summed E-state index contributed by atoms with van der Waals surface area (Å²) in [5.41, 5.74) is 3.32. The maximum atomic E-state index is 9.52. The third-order valence-electron chi connectivity index (χ3n) is 3.49. The Morgan fingerprint density at radius 2 is 1.73 bits per heavy atom. The van der Waals surface area contributed by atoms with Crippen LogP contribution < -0.4 is 0 Å². The van der Waals surface area contributed by atoms with Crippen LogP contribution in [0.15, 0.2) is 47.0 Å². The van der Waals surface area contributed by atoms with Gasteiger partial charge < -0.3 is 14.7 Å². The summed E-state index contributed by atoms with van der Waals surface area (Å²) in [6, 6.07) is 11.7. The van der Waals surface area contributed by atoms with E-state index in [0.717, 1.165) is 28.8 Å². The van der Waals surface area contributed by atoms with E-state index in [9.17, 15) is 10.2 Å². The molecular weight excluding hydrogens is 302 g/mol. The van der Waals surface area contributed by atoms with Crippen LogP contribution in [-0.2, 0) is 6.42 Å². The van der Waals surface area contributed by atoms with Crippen molar-refractivity contribution in [2.24, 2.45) is 0 Å². The number of halogens is 1. The van der Waals surface area contributed by atoms with Crippen molar-refractivity contribution < 1.29 is 14.7 Å². The van der Waals surface area contributed by atoms with Gasteiger partial charge in [0.15, 0.2) is 5.76 Å². The molecule has 0 fully saturated rings. The molecule has 22 heavy (non-hydrogen) atoms. The standard InChI is InChI=1S/C17H14ClNO3/c1-2-13-16(10-3-6-12(20)7-4-10)19-22-17(13)11-5-8-15(21)14(18)9-11/h3-9,20-21H,2H2,1H3. The Bertz CT molecular complexity index is 809. The summed E-state index contributed by atoms with van der Waals surface area (Å²) in [4.78, 5) is 0. The number of phenolic OH excluding ortho intramolecular Hbond substituents is 2. The first kappa shape index (κ1) is 14.5. The zero-order valence-corrected chi connectivity index (χ0v) is 12.6. The molecule has 3 rings (SSSR count). The van der Waals surface area contributed by atoms with Crippen LogP contribution >= 0.6 is 11.6 Å². The van der Waals surface area contributed by atoms with E-state index in [0.29, 0.717) is 5.76 Å². The van der Waals surface area contributed by atoms with Crippen LogP contribution in [-0.4, -0.2) is 15.4 Å². The summed E-state index contributed by atoms with van der Waals surface area (Å²) in [5, 5.41) is 23.3. The predicted molar refractivity (Wildman–Crippen MR) is 85.1 cm³/mol. The highest BCUT2D eigenvalue weighted by molar-refractivity contribution is 6.32. The summed E-state index contributed by atoms with van der Waals surface area (Å²) < 4.78 is 5.50. The molecule has 0 saturated heterocycles. The van der Waals surface area contributed by atoms with E-state index in [1.807, 2.05) is 6.92 Å². The first-order valence-electron chi connectivity index (χ1n) is 6.87. The van der Waals surface area contributed by atoms with Gasteiger partial charge in [0.1, 0.15) is 17.2 Å². The van der Waals surface area contributed by atoms with Crippen LogP contribution in [0.1, 0.15) is 12.5 Å². The minimum atomic E-state index is 0.0294. The normalized spacial score (nSPS) is 10.8. The predicted octanol–water partition coefficient (Wildman–Crippen LogP) is 4.64.